The van der Waals surface area contributed by atoms with E-state index in [1.165, 1.54) is 23.2 Å². The molecule has 3 rings (SSSR count). The highest BCUT2D eigenvalue weighted by Crippen LogP contribution is 2.26. The molecule has 32 heavy (non-hydrogen) atoms. The fourth-order valence-corrected chi connectivity index (χ4v) is 3.56. The molecule has 0 aromatic carbocycles. The molecule has 0 spiro atoms. The van der Waals surface area contributed by atoms with E-state index in [1.807, 2.05) is 11.8 Å². The summed E-state index contributed by atoms with van der Waals surface area (Å²) in [6, 6.07) is 1.51. The van der Waals surface area contributed by atoms with Crippen LogP contribution in [0.4, 0.5) is 19.0 Å². The van der Waals surface area contributed by atoms with Crippen LogP contribution in [-0.4, -0.2) is 50.9 Å². The highest BCUT2D eigenvalue weighted by molar-refractivity contribution is 5.78. The van der Waals surface area contributed by atoms with Gasteiger partial charge in [0.05, 0.1) is 18.8 Å². The first kappa shape index (κ1) is 23.1. The lowest BCUT2D eigenvalue weighted by Crippen LogP contribution is -2.58. The fourth-order valence-electron chi connectivity index (χ4n) is 3.56. The lowest BCUT2D eigenvalue weighted by Gasteiger charge is -2.41. The zero-order chi connectivity index (χ0) is 23.3. The van der Waals surface area contributed by atoms with Crippen molar-refractivity contribution in [3.8, 4) is 0 Å². The minimum Gasteiger partial charge on any atom is -0.404 e. The summed E-state index contributed by atoms with van der Waals surface area (Å²) < 4.78 is 40.7. The molecule has 0 amide bonds. The van der Waals surface area contributed by atoms with E-state index in [1.54, 1.807) is 12.3 Å². The van der Waals surface area contributed by atoms with Crippen molar-refractivity contribution in [2.24, 2.45) is 10.7 Å². The number of halogens is 3. The first-order valence-electron chi connectivity index (χ1n) is 9.81. The van der Waals surface area contributed by atoms with Crippen LogP contribution < -0.4 is 21.4 Å². The molecule has 2 aromatic rings. The second-order valence-corrected chi connectivity index (χ2v) is 7.08. The van der Waals surface area contributed by atoms with E-state index in [0.717, 1.165) is 12.4 Å². The average molecular weight is 447 g/mol. The molecule has 2 aromatic heterocycles. The highest BCUT2D eigenvalue weighted by Gasteiger charge is 2.33. The lowest BCUT2D eigenvalue weighted by molar-refractivity contribution is -0.141. The van der Waals surface area contributed by atoms with Crippen LogP contribution in [0, 0.1) is 5.41 Å². The van der Waals surface area contributed by atoms with Crippen LogP contribution in [0.3, 0.4) is 0 Å². The van der Waals surface area contributed by atoms with Gasteiger partial charge in [-0.05, 0) is 13.0 Å². The molecular weight excluding hydrogens is 423 g/mol. The summed E-state index contributed by atoms with van der Waals surface area (Å²) in [5.41, 5.74) is 5.46. The van der Waals surface area contributed by atoms with Crippen LogP contribution in [0.5, 0.6) is 0 Å². The van der Waals surface area contributed by atoms with Gasteiger partial charge in [-0.15, -0.1) is 0 Å². The number of nitrogens with one attached hydrogen (secondary N) is 2. The van der Waals surface area contributed by atoms with Gasteiger partial charge in [-0.2, -0.15) is 13.2 Å². The van der Waals surface area contributed by atoms with Crippen molar-refractivity contribution in [2.75, 3.05) is 18.0 Å². The Morgan fingerprint density at radius 2 is 2.22 bits per heavy atom. The normalized spacial score (nSPS) is 20.3. The maximum absolute atomic E-state index is 13.1. The molecule has 1 aliphatic rings. The van der Waals surface area contributed by atoms with Crippen LogP contribution in [0.2, 0.25) is 0 Å². The van der Waals surface area contributed by atoms with E-state index in [4.69, 9.17) is 11.1 Å². The van der Waals surface area contributed by atoms with Gasteiger partial charge in [0.25, 0.3) is 0 Å². The van der Waals surface area contributed by atoms with E-state index < -0.39 is 11.9 Å². The number of nitrogens with two attached hydrogens (primary N) is 1. The van der Waals surface area contributed by atoms with Gasteiger partial charge in [0, 0.05) is 55.7 Å². The number of hydrogen-bond donors (Lipinski definition) is 3. The monoisotopic (exact) mass is 447 g/mol. The summed E-state index contributed by atoms with van der Waals surface area (Å²) in [7, 11) is 0. The molecule has 170 valence electrons. The molecule has 2 unspecified atom stereocenters. The Kier molecular flexibility index (Phi) is 7.03. The Balaban J connectivity index is 1.93. The molecule has 0 saturated carbocycles. The van der Waals surface area contributed by atoms with E-state index in [-0.39, 0.29) is 24.1 Å². The van der Waals surface area contributed by atoms with Gasteiger partial charge in [0.1, 0.15) is 11.6 Å². The Morgan fingerprint density at radius 1 is 1.44 bits per heavy atom. The first-order chi connectivity index (χ1) is 15.3. The van der Waals surface area contributed by atoms with E-state index in [9.17, 15) is 13.2 Å². The Labute approximate surface area is 182 Å². The number of rotatable bonds is 6. The van der Waals surface area contributed by atoms with Crippen LogP contribution >= 0.6 is 0 Å². The maximum Gasteiger partial charge on any atom is 0.434 e. The SMILES string of the molecule is C=CN=c1cnc(C(F)(F)F)cn1Cc1nccc(N2CCNC(/C(C=N)=C/N)C2C)n1. The number of anilines is 1. The third-order valence-electron chi connectivity index (χ3n) is 5.11. The second kappa shape index (κ2) is 9.73. The minimum absolute atomic E-state index is 0.0372. The molecule has 1 aliphatic heterocycles. The predicted molar refractivity (Wildman–Crippen MR) is 114 cm³/mol. The largest absolute Gasteiger partial charge is 0.434 e. The Hall–Kier alpha value is -3.54. The van der Waals surface area contributed by atoms with Crippen molar-refractivity contribution in [3.63, 3.8) is 0 Å². The third kappa shape index (κ3) is 5.02. The summed E-state index contributed by atoms with van der Waals surface area (Å²) in [6.45, 7) is 6.74. The smallest absolute Gasteiger partial charge is 0.404 e. The molecule has 1 saturated heterocycles. The number of nitrogens with zero attached hydrogens (tertiary/aromatic N) is 6. The predicted octanol–water partition coefficient (Wildman–Crippen LogP) is 1.44. The maximum atomic E-state index is 13.1. The summed E-state index contributed by atoms with van der Waals surface area (Å²) in [4.78, 5) is 18.3. The summed E-state index contributed by atoms with van der Waals surface area (Å²) >= 11 is 0. The van der Waals surface area contributed by atoms with Gasteiger partial charge in [-0.1, -0.05) is 6.58 Å². The molecule has 3 heterocycles. The van der Waals surface area contributed by atoms with Crippen LogP contribution in [-0.2, 0) is 12.7 Å². The van der Waals surface area contributed by atoms with Gasteiger partial charge in [0.2, 0.25) is 0 Å². The zero-order valence-corrected chi connectivity index (χ0v) is 17.4. The summed E-state index contributed by atoms with van der Waals surface area (Å²) in [6.07, 6.45) is 2.73. The van der Waals surface area contributed by atoms with Crippen molar-refractivity contribution in [3.05, 3.63) is 66.2 Å². The van der Waals surface area contributed by atoms with E-state index >= 15 is 0 Å². The van der Waals surface area contributed by atoms with Crippen LogP contribution in [0.15, 0.2) is 54.2 Å². The lowest BCUT2D eigenvalue weighted by atomic mass is 9.98. The second-order valence-electron chi connectivity index (χ2n) is 7.08. The molecule has 1 fully saturated rings. The molecular formula is C20H24F3N9. The fraction of sp³-hybridized carbons (Fsp3) is 0.350. The standard InChI is InChI=1S/C20H24F3N9/c1-3-26-18-10-29-15(20(21,22)23)11-31(18)12-16-27-5-4-17(30-16)32-7-6-28-19(13(32)2)14(8-24)9-25/h3-5,8-11,13,19,24,28H,1,6-7,12,25H2,2H3/b14-9+,24-8?,26-18?. The summed E-state index contributed by atoms with van der Waals surface area (Å²) in [5, 5.41) is 10.9. The zero-order valence-electron chi connectivity index (χ0n) is 17.4. The molecule has 0 bridgehead atoms. The van der Waals surface area contributed by atoms with Gasteiger partial charge in [-0.3, -0.25) is 0 Å². The molecule has 9 nitrogen and oxygen atoms in total. The first-order valence-corrected chi connectivity index (χ1v) is 9.81. The van der Waals surface area contributed by atoms with E-state index in [2.05, 4.69) is 31.8 Å². The molecule has 0 aliphatic carbocycles. The average Bonchev–Trinajstić information content (AvgIpc) is 2.76. The third-order valence-corrected chi connectivity index (χ3v) is 5.11. The number of hydrogen-bond acceptors (Lipinski definition) is 8. The topological polar surface area (TPSA) is 121 Å². The molecule has 4 N–H and O–H groups in total. The molecule has 2 atom stereocenters. The molecule has 0 radical (unpaired) electrons. The van der Waals surface area contributed by atoms with Crippen molar-refractivity contribution >= 4 is 12.0 Å². The van der Waals surface area contributed by atoms with Crippen molar-refractivity contribution in [1.82, 2.24) is 24.8 Å². The Morgan fingerprint density at radius 3 is 2.88 bits per heavy atom. The van der Waals surface area contributed by atoms with Gasteiger partial charge in [0.15, 0.2) is 11.2 Å². The van der Waals surface area contributed by atoms with E-state index in [0.29, 0.717) is 30.3 Å². The number of piperazine rings is 1. The van der Waals surface area contributed by atoms with Gasteiger partial charge >= 0.3 is 6.18 Å². The van der Waals surface area contributed by atoms with Crippen LogP contribution in [0.25, 0.3) is 0 Å². The number of aromatic nitrogens is 4. The number of alkyl halides is 3. The Bertz CT molecular complexity index is 1070. The quantitative estimate of drug-likeness (QED) is 0.577. The van der Waals surface area contributed by atoms with Crippen LogP contribution in [0.1, 0.15) is 18.4 Å². The van der Waals surface area contributed by atoms with Crippen molar-refractivity contribution in [1.29, 1.82) is 5.41 Å². The minimum atomic E-state index is -4.59. The highest BCUT2D eigenvalue weighted by atomic mass is 19.4. The summed E-state index contributed by atoms with van der Waals surface area (Å²) in [5.74, 6) is 0.944. The van der Waals surface area contributed by atoms with Crippen molar-refractivity contribution < 1.29 is 13.2 Å². The van der Waals surface area contributed by atoms with Gasteiger partial charge in [-0.25, -0.2) is 19.9 Å². The van der Waals surface area contributed by atoms with Crippen molar-refractivity contribution in [2.45, 2.75) is 31.7 Å². The van der Waals surface area contributed by atoms with Gasteiger partial charge < -0.3 is 25.9 Å². The molecule has 12 heteroatoms.